The summed E-state index contributed by atoms with van der Waals surface area (Å²) in [4.78, 5) is 41.7. The number of benzene rings is 1. The van der Waals surface area contributed by atoms with Crippen molar-refractivity contribution in [3.05, 3.63) is 57.9 Å². The van der Waals surface area contributed by atoms with Gasteiger partial charge in [-0.3, -0.25) is 24.7 Å². The molecular formula is C19H20N4O4. The second-order valence-electron chi connectivity index (χ2n) is 6.92. The first-order chi connectivity index (χ1) is 12.8. The van der Waals surface area contributed by atoms with E-state index in [1.54, 1.807) is 24.8 Å². The Morgan fingerprint density at radius 1 is 1.30 bits per heavy atom. The van der Waals surface area contributed by atoms with Crippen LogP contribution in [-0.2, 0) is 10.2 Å². The highest BCUT2D eigenvalue weighted by Crippen LogP contribution is 2.46. The van der Waals surface area contributed by atoms with Crippen LogP contribution in [0.15, 0.2) is 36.7 Å². The summed E-state index contributed by atoms with van der Waals surface area (Å²) in [6, 6.07) is 5.95. The molecule has 0 aliphatic carbocycles. The molecule has 1 aliphatic rings. The highest BCUT2D eigenvalue weighted by atomic mass is 16.6. The van der Waals surface area contributed by atoms with Crippen LogP contribution < -0.4 is 10.2 Å². The Balaban J connectivity index is 2.08. The van der Waals surface area contributed by atoms with Crippen LogP contribution in [0, 0.1) is 10.1 Å². The number of nitro groups is 1. The third-order valence-electron chi connectivity index (χ3n) is 4.69. The van der Waals surface area contributed by atoms with Crippen molar-refractivity contribution in [3.63, 3.8) is 0 Å². The van der Waals surface area contributed by atoms with Gasteiger partial charge in [0.2, 0.25) is 5.91 Å². The number of anilines is 2. The van der Waals surface area contributed by atoms with E-state index in [1.165, 1.54) is 30.6 Å². The molecule has 0 spiro atoms. The Kier molecular flexibility index (Phi) is 4.65. The molecule has 0 atom stereocenters. The first-order valence-corrected chi connectivity index (χ1v) is 8.63. The number of nitrogens with zero attached hydrogens (tertiary/aromatic N) is 3. The van der Waals surface area contributed by atoms with Gasteiger partial charge in [0.1, 0.15) is 5.69 Å². The van der Waals surface area contributed by atoms with Gasteiger partial charge in [0.15, 0.2) is 0 Å². The standard InChI is InChI=1S/C19H20N4O4/c1-4-9-22-15-11-16(23(26)27)14(10-13(15)19(2,3)18(22)25)21-17(24)12-5-7-20-8-6-12/h5-8,10-11H,4,9H2,1-3H3,(H,21,24). The van der Waals surface area contributed by atoms with Crippen LogP contribution >= 0.6 is 0 Å². The lowest BCUT2D eigenvalue weighted by atomic mass is 9.85. The second kappa shape index (κ2) is 6.79. The van der Waals surface area contributed by atoms with Crippen LogP contribution in [0.3, 0.4) is 0 Å². The van der Waals surface area contributed by atoms with Gasteiger partial charge in [-0.05, 0) is 44.0 Å². The Hall–Kier alpha value is -3.29. The summed E-state index contributed by atoms with van der Waals surface area (Å²) in [7, 11) is 0. The van der Waals surface area contributed by atoms with E-state index in [0.717, 1.165) is 6.42 Å². The van der Waals surface area contributed by atoms with E-state index in [0.29, 0.717) is 23.4 Å². The molecule has 1 aromatic heterocycles. The lowest BCUT2D eigenvalue weighted by molar-refractivity contribution is -0.383. The number of pyridine rings is 1. The summed E-state index contributed by atoms with van der Waals surface area (Å²) >= 11 is 0. The number of fused-ring (bicyclic) bond motifs is 1. The van der Waals surface area contributed by atoms with Crippen molar-refractivity contribution < 1.29 is 14.5 Å². The normalized spacial score (nSPS) is 14.8. The van der Waals surface area contributed by atoms with Crippen LogP contribution in [0.25, 0.3) is 0 Å². The molecule has 8 nitrogen and oxygen atoms in total. The van der Waals surface area contributed by atoms with Crippen LogP contribution in [0.4, 0.5) is 17.1 Å². The number of rotatable bonds is 5. The number of nitrogens with one attached hydrogen (secondary N) is 1. The van der Waals surface area contributed by atoms with Gasteiger partial charge in [0.05, 0.1) is 16.0 Å². The quantitative estimate of drug-likeness (QED) is 0.644. The first-order valence-electron chi connectivity index (χ1n) is 8.63. The van der Waals surface area contributed by atoms with Gasteiger partial charge in [0.25, 0.3) is 11.6 Å². The van der Waals surface area contributed by atoms with Crippen LogP contribution in [0.1, 0.15) is 43.1 Å². The molecule has 1 aromatic carbocycles. The predicted molar refractivity (Wildman–Crippen MR) is 101 cm³/mol. The molecule has 140 valence electrons. The molecule has 8 heteroatoms. The molecule has 1 N–H and O–H groups in total. The van der Waals surface area contributed by atoms with Gasteiger partial charge >= 0.3 is 0 Å². The molecule has 2 heterocycles. The molecule has 0 radical (unpaired) electrons. The lowest BCUT2D eigenvalue weighted by Gasteiger charge is -2.19. The highest BCUT2D eigenvalue weighted by molar-refractivity contribution is 6.10. The average molecular weight is 368 g/mol. The Morgan fingerprint density at radius 2 is 1.96 bits per heavy atom. The smallest absolute Gasteiger partial charge is 0.294 e. The van der Waals surface area contributed by atoms with E-state index in [2.05, 4.69) is 10.3 Å². The third kappa shape index (κ3) is 3.14. The Bertz CT molecular complexity index is 925. The molecule has 2 amide bonds. The molecule has 0 saturated heterocycles. The first kappa shape index (κ1) is 18.5. The van der Waals surface area contributed by atoms with Gasteiger partial charge in [-0.1, -0.05) is 6.92 Å². The van der Waals surface area contributed by atoms with Gasteiger partial charge < -0.3 is 10.2 Å². The molecule has 2 aromatic rings. The molecule has 1 aliphatic heterocycles. The van der Waals surface area contributed by atoms with Crippen molar-refractivity contribution in [2.45, 2.75) is 32.6 Å². The van der Waals surface area contributed by atoms with Crippen molar-refractivity contribution in [2.24, 2.45) is 0 Å². The number of nitro benzene ring substituents is 1. The molecule has 27 heavy (non-hydrogen) atoms. The maximum absolute atomic E-state index is 12.8. The maximum atomic E-state index is 12.8. The topological polar surface area (TPSA) is 105 Å². The molecule has 0 unspecified atom stereocenters. The van der Waals surface area contributed by atoms with Crippen LogP contribution in [-0.4, -0.2) is 28.3 Å². The molecule has 3 rings (SSSR count). The molecule has 0 bridgehead atoms. The zero-order chi connectivity index (χ0) is 19.8. The van der Waals surface area contributed by atoms with E-state index in [9.17, 15) is 19.7 Å². The van der Waals surface area contributed by atoms with Crippen molar-refractivity contribution in [1.82, 2.24) is 4.98 Å². The van der Waals surface area contributed by atoms with E-state index in [4.69, 9.17) is 0 Å². The average Bonchev–Trinajstić information content (AvgIpc) is 2.82. The van der Waals surface area contributed by atoms with Crippen LogP contribution in [0.5, 0.6) is 0 Å². The highest BCUT2D eigenvalue weighted by Gasteiger charge is 2.45. The number of carbonyl (C=O) groups is 2. The molecular weight excluding hydrogens is 348 g/mol. The van der Waals surface area contributed by atoms with E-state index < -0.39 is 16.2 Å². The summed E-state index contributed by atoms with van der Waals surface area (Å²) in [5.74, 6) is -0.584. The third-order valence-corrected chi connectivity index (χ3v) is 4.69. The fourth-order valence-corrected chi connectivity index (χ4v) is 3.26. The van der Waals surface area contributed by atoms with E-state index >= 15 is 0 Å². The fraction of sp³-hybridized carbons (Fsp3) is 0.316. The van der Waals surface area contributed by atoms with Crippen LogP contribution in [0.2, 0.25) is 0 Å². The maximum Gasteiger partial charge on any atom is 0.294 e. The lowest BCUT2D eigenvalue weighted by Crippen LogP contribution is -2.36. The van der Waals surface area contributed by atoms with Crippen molar-refractivity contribution >= 4 is 28.9 Å². The summed E-state index contributed by atoms with van der Waals surface area (Å²) in [6.07, 6.45) is 3.67. The van der Waals surface area contributed by atoms with Gasteiger partial charge in [0, 0.05) is 30.6 Å². The van der Waals surface area contributed by atoms with E-state index in [-0.39, 0.29) is 17.3 Å². The molecule has 0 fully saturated rings. The van der Waals surface area contributed by atoms with Crippen molar-refractivity contribution in [1.29, 1.82) is 0 Å². The van der Waals surface area contributed by atoms with Gasteiger partial charge in [-0.15, -0.1) is 0 Å². The van der Waals surface area contributed by atoms with Crippen molar-refractivity contribution in [2.75, 3.05) is 16.8 Å². The fourth-order valence-electron chi connectivity index (χ4n) is 3.26. The number of amides is 2. The monoisotopic (exact) mass is 368 g/mol. The minimum Gasteiger partial charge on any atom is -0.316 e. The Morgan fingerprint density at radius 3 is 2.56 bits per heavy atom. The number of hydrogen-bond donors (Lipinski definition) is 1. The van der Waals surface area contributed by atoms with Crippen molar-refractivity contribution in [3.8, 4) is 0 Å². The number of aromatic nitrogens is 1. The minimum absolute atomic E-state index is 0.0692. The second-order valence-corrected chi connectivity index (χ2v) is 6.92. The Labute approximate surface area is 156 Å². The summed E-state index contributed by atoms with van der Waals surface area (Å²) in [6.45, 7) is 5.99. The predicted octanol–water partition coefficient (Wildman–Crippen LogP) is 3.28. The number of hydrogen-bond acceptors (Lipinski definition) is 5. The summed E-state index contributed by atoms with van der Waals surface area (Å²) in [5.41, 5.74) is 0.526. The largest absolute Gasteiger partial charge is 0.316 e. The SMILES string of the molecule is CCCN1C(=O)C(C)(C)c2cc(NC(=O)c3ccncc3)c([N+](=O)[O-])cc21. The molecule has 0 saturated carbocycles. The van der Waals surface area contributed by atoms with Gasteiger partial charge in [-0.2, -0.15) is 0 Å². The zero-order valence-electron chi connectivity index (χ0n) is 15.4. The number of carbonyl (C=O) groups excluding carboxylic acids is 2. The zero-order valence-corrected chi connectivity index (χ0v) is 15.4. The minimum atomic E-state index is -0.824. The summed E-state index contributed by atoms with van der Waals surface area (Å²) < 4.78 is 0. The van der Waals surface area contributed by atoms with E-state index in [1.807, 2.05) is 6.92 Å². The van der Waals surface area contributed by atoms with Gasteiger partial charge in [-0.25, -0.2) is 0 Å². The summed E-state index contributed by atoms with van der Waals surface area (Å²) in [5, 5.41) is 14.2.